The summed E-state index contributed by atoms with van der Waals surface area (Å²) in [5.74, 6) is -0.239. The summed E-state index contributed by atoms with van der Waals surface area (Å²) in [6.07, 6.45) is 1.51. The predicted molar refractivity (Wildman–Crippen MR) is 88.5 cm³/mol. The van der Waals surface area contributed by atoms with Crippen LogP contribution in [-0.4, -0.2) is 28.6 Å². The fourth-order valence-corrected chi connectivity index (χ4v) is 3.69. The molecule has 0 aliphatic carbocycles. The summed E-state index contributed by atoms with van der Waals surface area (Å²) < 4.78 is 40.1. The van der Waals surface area contributed by atoms with E-state index in [2.05, 4.69) is 4.98 Å². The van der Waals surface area contributed by atoms with Crippen LogP contribution in [0.15, 0.2) is 41.4 Å². The molecule has 126 valence electrons. The van der Waals surface area contributed by atoms with Gasteiger partial charge in [0.2, 0.25) is 0 Å². The van der Waals surface area contributed by atoms with Gasteiger partial charge in [-0.05, 0) is 56.7 Å². The van der Waals surface area contributed by atoms with Crippen LogP contribution in [0.3, 0.4) is 0 Å². The van der Waals surface area contributed by atoms with Gasteiger partial charge in [-0.3, -0.25) is 0 Å². The zero-order valence-corrected chi connectivity index (χ0v) is 14.3. The Bertz CT molecular complexity index is 993. The lowest BCUT2D eigenvalue weighted by atomic mass is 9.99. The topological polar surface area (TPSA) is 72.2 Å². The van der Waals surface area contributed by atoms with Gasteiger partial charge in [-0.2, -0.15) is 4.73 Å². The average Bonchev–Trinajstić information content (AvgIpc) is 3.01. The van der Waals surface area contributed by atoms with Crippen molar-refractivity contribution in [2.24, 2.45) is 0 Å². The summed E-state index contributed by atoms with van der Waals surface area (Å²) in [7, 11) is -3.52. The molecule has 2 heterocycles. The largest absolute Gasteiger partial charge is 0.427 e. The first kappa shape index (κ1) is 16.4. The molecule has 5 nitrogen and oxygen atoms in total. The summed E-state index contributed by atoms with van der Waals surface area (Å²) in [5, 5.41) is 9.41. The van der Waals surface area contributed by atoms with E-state index in [4.69, 9.17) is 0 Å². The first-order valence-corrected chi connectivity index (χ1v) is 8.98. The SMILES string of the molecule is Cc1cc(-c2cc(S(=O)(=O)C(C)C)ccc2F)c2ccnc-2n1O. The Morgan fingerprint density at radius 2 is 1.83 bits per heavy atom. The highest BCUT2D eigenvalue weighted by atomic mass is 32.2. The van der Waals surface area contributed by atoms with E-state index in [9.17, 15) is 18.0 Å². The standard InChI is InChI=1S/C17H17FN2O3S/c1-10(2)24(22,23)12-4-5-16(18)15(9-12)14-8-11(3)20(21)17-13(14)6-7-19-17/h4-10,21H,1-3H3. The number of hydrogen-bond acceptors (Lipinski definition) is 4. The molecule has 2 aliphatic heterocycles. The lowest BCUT2D eigenvalue weighted by molar-refractivity contribution is 0.180. The van der Waals surface area contributed by atoms with Gasteiger partial charge in [-0.15, -0.1) is 0 Å². The molecule has 0 fully saturated rings. The van der Waals surface area contributed by atoms with Crippen LogP contribution in [0.4, 0.5) is 4.39 Å². The number of benzene rings is 1. The number of rotatable bonds is 3. The summed E-state index contributed by atoms with van der Waals surface area (Å²) >= 11 is 0. The third-order valence-corrected chi connectivity index (χ3v) is 6.19. The highest BCUT2D eigenvalue weighted by Crippen LogP contribution is 2.36. The Hall–Kier alpha value is -2.41. The number of fused-ring (bicyclic) bond motifs is 1. The zero-order chi connectivity index (χ0) is 17.6. The number of aromatic nitrogens is 2. The Kier molecular flexibility index (Phi) is 3.83. The van der Waals surface area contributed by atoms with Crippen molar-refractivity contribution in [3.05, 3.63) is 48.0 Å². The minimum absolute atomic E-state index is 0.0694. The molecule has 7 heteroatoms. The lowest BCUT2D eigenvalue weighted by Crippen LogP contribution is -2.14. The minimum atomic E-state index is -3.52. The molecule has 0 aromatic heterocycles. The Balaban J connectivity index is 2.29. The van der Waals surface area contributed by atoms with Crippen molar-refractivity contribution < 1.29 is 18.0 Å². The number of pyridine rings is 1. The van der Waals surface area contributed by atoms with Crippen molar-refractivity contribution in [1.82, 2.24) is 9.71 Å². The van der Waals surface area contributed by atoms with E-state index in [1.807, 2.05) is 0 Å². The van der Waals surface area contributed by atoms with Crippen LogP contribution in [0.25, 0.3) is 22.5 Å². The summed E-state index contributed by atoms with van der Waals surface area (Å²) in [4.78, 5) is 4.14. The molecule has 0 amide bonds. The van der Waals surface area contributed by atoms with Gasteiger partial charge in [0.05, 0.1) is 15.8 Å². The van der Waals surface area contributed by atoms with Gasteiger partial charge < -0.3 is 5.21 Å². The quantitative estimate of drug-likeness (QED) is 0.581. The fourth-order valence-electron chi connectivity index (χ4n) is 2.60. The number of sulfone groups is 1. The van der Waals surface area contributed by atoms with E-state index in [-0.39, 0.29) is 10.5 Å². The smallest absolute Gasteiger partial charge is 0.180 e. The van der Waals surface area contributed by atoms with Crippen LogP contribution in [0.5, 0.6) is 0 Å². The first-order chi connectivity index (χ1) is 11.2. The third kappa shape index (κ3) is 2.45. The third-order valence-electron chi connectivity index (χ3n) is 4.03. The molecule has 3 rings (SSSR count). The van der Waals surface area contributed by atoms with Crippen LogP contribution in [-0.2, 0) is 9.84 Å². The first-order valence-electron chi connectivity index (χ1n) is 7.43. The van der Waals surface area contributed by atoms with Crippen molar-refractivity contribution in [3.63, 3.8) is 0 Å². The summed E-state index contributed by atoms with van der Waals surface area (Å²) in [6, 6.07) is 7.03. The van der Waals surface area contributed by atoms with Crippen LogP contribution < -0.4 is 0 Å². The number of aryl methyl sites for hydroxylation is 1. The van der Waals surface area contributed by atoms with E-state index < -0.39 is 20.9 Å². The number of nitrogens with zero attached hydrogens (tertiary/aromatic N) is 2. The highest BCUT2D eigenvalue weighted by molar-refractivity contribution is 7.92. The van der Waals surface area contributed by atoms with Crippen LogP contribution in [0.1, 0.15) is 19.5 Å². The molecule has 0 saturated heterocycles. The fraction of sp³-hybridized carbons (Fsp3) is 0.235. The molecule has 2 aliphatic rings. The molecule has 0 unspecified atom stereocenters. The molecular formula is C17H17FN2O3S. The monoisotopic (exact) mass is 348 g/mol. The van der Waals surface area contributed by atoms with Crippen molar-refractivity contribution in [2.75, 3.05) is 0 Å². The maximum atomic E-state index is 14.4. The molecule has 0 radical (unpaired) electrons. The van der Waals surface area contributed by atoms with Crippen LogP contribution in [0, 0.1) is 12.7 Å². The highest BCUT2D eigenvalue weighted by Gasteiger charge is 2.23. The number of halogens is 1. The van der Waals surface area contributed by atoms with E-state index >= 15 is 0 Å². The lowest BCUT2D eigenvalue weighted by Gasteiger charge is -2.15. The Morgan fingerprint density at radius 1 is 1.12 bits per heavy atom. The van der Waals surface area contributed by atoms with E-state index in [0.29, 0.717) is 22.6 Å². The molecule has 0 atom stereocenters. The second-order valence-electron chi connectivity index (χ2n) is 5.93. The van der Waals surface area contributed by atoms with E-state index in [1.165, 1.54) is 18.3 Å². The van der Waals surface area contributed by atoms with Crippen molar-refractivity contribution in [3.8, 4) is 22.5 Å². The van der Waals surface area contributed by atoms with E-state index in [0.717, 1.165) is 10.8 Å². The van der Waals surface area contributed by atoms with Gasteiger partial charge in [0.1, 0.15) is 5.82 Å². The van der Waals surface area contributed by atoms with Gasteiger partial charge in [-0.25, -0.2) is 17.8 Å². The molecule has 24 heavy (non-hydrogen) atoms. The zero-order valence-electron chi connectivity index (χ0n) is 13.5. The maximum absolute atomic E-state index is 14.4. The molecule has 0 bridgehead atoms. The second-order valence-corrected chi connectivity index (χ2v) is 8.43. The van der Waals surface area contributed by atoms with Gasteiger partial charge in [-0.1, -0.05) is 0 Å². The van der Waals surface area contributed by atoms with Crippen LogP contribution >= 0.6 is 0 Å². The predicted octanol–water partition coefficient (Wildman–Crippen LogP) is 3.52. The van der Waals surface area contributed by atoms with Crippen molar-refractivity contribution in [2.45, 2.75) is 30.9 Å². The molecule has 0 spiro atoms. The van der Waals surface area contributed by atoms with Crippen molar-refractivity contribution >= 4 is 9.84 Å². The molecule has 0 saturated carbocycles. The van der Waals surface area contributed by atoms with Gasteiger partial charge >= 0.3 is 0 Å². The summed E-state index contributed by atoms with van der Waals surface area (Å²) in [6.45, 7) is 4.82. The van der Waals surface area contributed by atoms with Gasteiger partial charge in [0, 0.05) is 17.3 Å². The van der Waals surface area contributed by atoms with Gasteiger partial charge in [0.15, 0.2) is 15.7 Å². The van der Waals surface area contributed by atoms with Gasteiger partial charge in [0.25, 0.3) is 0 Å². The number of hydrogen-bond donors (Lipinski definition) is 1. The van der Waals surface area contributed by atoms with Crippen molar-refractivity contribution in [1.29, 1.82) is 0 Å². The van der Waals surface area contributed by atoms with E-state index in [1.54, 1.807) is 32.9 Å². The molecule has 1 aromatic carbocycles. The Labute approximate surface area is 139 Å². The molecule has 1 aromatic rings. The van der Waals surface area contributed by atoms with Crippen LogP contribution in [0.2, 0.25) is 0 Å². The normalized spacial score (nSPS) is 12.2. The Morgan fingerprint density at radius 3 is 2.50 bits per heavy atom. The summed E-state index contributed by atoms with van der Waals surface area (Å²) in [5.41, 5.74) is 1.66. The molecular weight excluding hydrogens is 331 g/mol. The minimum Gasteiger partial charge on any atom is -0.427 e. The maximum Gasteiger partial charge on any atom is 0.180 e. The average molecular weight is 348 g/mol. The second kappa shape index (κ2) is 5.59. The molecule has 1 N–H and O–H groups in total.